The Hall–Kier alpha value is -4.62. The Kier molecular flexibility index (Phi) is 6.51. The maximum Gasteiger partial charge on any atom is 0.432 e. The third-order valence-corrected chi connectivity index (χ3v) is 5.22. The molecular formula is C29H14F6O. The SMILES string of the molecule is C#Cc1c(F)cc2cc(OC(F)(F)c3c(F)cc(C#Cc4ccc(C=C)cc4)cc3F)ccc2c1F. The van der Waals surface area contributed by atoms with Crippen LogP contribution in [0, 0.1) is 47.5 Å². The maximum atomic E-state index is 14.8. The fourth-order valence-corrected chi connectivity index (χ4v) is 3.47. The van der Waals surface area contributed by atoms with Gasteiger partial charge in [-0.1, -0.05) is 42.5 Å². The Morgan fingerprint density at radius 3 is 2.06 bits per heavy atom. The molecule has 0 saturated heterocycles. The summed E-state index contributed by atoms with van der Waals surface area (Å²) in [5, 5.41) is -0.274. The van der Waals surface area contributed by atoms with Crippen LogP contribution in [0.1, 0.15) is 27.8 Å². The summed E-state index contributed by atoms with van der Waals surface area (Å²) in [5.41, 5.74) is -1.02. The summed E-state index contributed by atoms with van der Waals surface area (Å²) in [7, 11) is 0. The van der Waals surface area contributed by atoms with E-state index in [0.29, 0.717) is 17.7 Å². The zero-order chi connectivity index (χ0) is 26.0. The first-order valence-corrected chi connectivity index (χ1v) is 10.3. The summed E-state index contributed by atoms with van der Waals surface area (Å²) in [6.45, 7) is 3.63. The van der Waals surface area contributed by atoms with Gasteiger partial charge in [0.1, 0.15) is 34.6 Å². The highest BCUT2D eigenvalue weighted by molar-refractivity contribution is 5.86. The van der Waals surface area contributed by atoms with Crippen molar-refractivity contribution in [2.45, 2.75) is 6.11 Å². The van der Waals surface area contributed by atoms with Crippen LogP contribution in [0.25, 0.3) is 16.8 Å². The Labute approximate surface area is 202 Å². The molecule has 7 heteroatoms. The maximum absolute atomic E-state index is 14.8. The Morgan fingerprint density at radius 2 is 1.44 bits per heavy atom. The van der Waals surface area contributed by atoms with E-state index in [4.69, 9.17) is 6.42 Å². The number of ether oxygens (including phenoxy) is 1. The summed E-state index contributed by atoms with van der Waals surface area (Å²) >= 11 is 0. The first kappa shape index (κ1) is 24.5. The standard InChI is InChI=1S/C29H14F6O/c1-3-17-5-7-18(8-6-17)9-10-19-13-25(31)27(26(32)14-19)29(34,35)36-21-11-12-23-20(15-21)16-24(30)22(4-2)28(23)33/h2-3,5-8,11-16H,1H2. The van der Waals surface area contributed by atoms with E-state index in [1.165, 1.54) is 0 Å². The molecule has 4 aromatic carbocycles. The minimum absolute atomic E-state index is 0.134. The fraction of sp³-hybridized carbons (Fsp3) is 0.0345. The van der Waals surface area contributed by atoms with Crippen molar-refractivity contribution in [1.82, 2.24) is 0 Å². The number of fused-ring (bicyclic) bond motifs is 1. The second-order valence-electron chi connectivity index (χ2n) is 7.58. The molecule has 0 atom stereocenters. The molecule has 0 unspecified atom stereocenters. The molecule has 0 fully saturated rings. The van der Waals surface area contributed by atoms with Crippen LogP contribution in [0.2, 0.25) is 0 Å². The van der Waals surface area contributed by atoms with Gasteiger partial charge >= 0.3 is 6.11 Å². The molecular weight excluding hydrogens is 478 g/mol. The molecule has 0 spiro atoms. The van der Waals surface area contributed by atoms with Crippen molar-refractivity contribution in [3.05, 3.63) is 118 Å². The van der Waals surface area contributed by atoms with Gasteiger partial charge in [0.15, 0.2) is 0 Å². The van der Waals surface area contributed by atoms with Gasteiger partial charge in [-0.15, -0.1) is 6.42 Å². The summed E-state index contributed by atoms with van der Waals surface area (Å²) in [4.78, 5) is 0. The number of halogens is 6. The van der Waals surface area contributed by atoms with Gasteiger partial charge in [0, 0.05) is 16.5 Å². The van der Waals surface area contributed by atoms with Gasteiger partial charge in [-0.3, -0.25) is 0 Å². The smallest absolute Gasteiger partial charge is 0.429 e. The first-order valence-electron chi connectivity index (χ1n) is 10.3. The fourth-order valence-electron chi connectivity index (χ4n) is 3.47. The molecule has 0 radical (unpaired) electrons. The molecule has 0 heterocycles. The van der Waals surface area contributed by atoms with Crippen molar-refractivity contribution >= 4 is 16.8 Å². The lowest BCUT2D eigenvalue weighted by atomic mass is 10.1. The number of hydrogen-bond acceptors (Lipinski definition) is 1. The van der Waals surface area contributed by atoms with Gasteiger partial charge in [0.25, 0.3) is 0 Å². The summed E-state index contributed by atoms with van der Waals surface area (Å²) in [6, 6.07) is 11.9. The Balaban J connectivity index is 1.64. The number of benzene rings is 4. The van der Waals surface area contributed by atoms with E-state index in [2.05, 4.69) is 23.2 Å². The number of hydrogen-bond donors (Lipinski definition) is 0. The normalized spacial score (nSPS) is 10.9. The Morgan fingerprint density at radius 1 is 0.806 bits per heavy atom. The molecule has 0 saturated carbocycles. The lowest BCUT2D eigenvalue weighted by molar-refractivity contribution is -0.189. The molecule has 0 aliphatic carbocycles. The van der Waals surface area contributed by atoms with Gasteiger partial charge in [-0.25, -0.2) is 17.6 Å². The molecule has 0 N–H and O–H groups in total. The highest BCUT2D eigenvalue weighted by Gasteiger charge is 2.41. The molecule has 0 aromatic heterocycles. The average Bonchev–Trinajstić information content (AvgIpc) is 2.82. The highest BCUT2D eigenvalue weighted by atomic mass is 19.3. The minimum Gasteiger partial charge on any atom is -0.429 e. The molecule has 0 bridgehead atoms. The van der Waals surface area contributed by atoms with Crippen molar-refractivity contribution in [3.63, 3.8) is 0 Å². The van der Waals surface area contributed by atoms with Crippen LogP contribution in [0.5, 0.6) is 5.75 Å². The van der Waals surface area contributed by atoms with E-state index in [1.54, 1.807) is 30.3 Å². The van der Waals surface area contributed by atoms with Crippen molar-refractivity contribution in [2.24, 2.45) is 0 Å². The zero-order valence-corrected chi connectivity index (χ0v) is 18.3. The lowest BCUT2D eigenvalue weighted by Gasteiger charge is -2.20. The highest BCUT2D eigenvalue weighted by Crippen LogP contribution is 2.37. The molecule has 1 nitrogen and oxygen atoms in total. The van der Waals surface area contributed by atoms with Crippen LogP contribution in [0.15, 0.2) is 67.2 Å². The molecule has 0 aliphatic heterocycles. The van der Waals surface area contributed by atoms with Crippen LogP contribution in [-0.4, -0.2) is 0 Å². The van der Waals surface area contributed by atoms with Crippen molar-refractivity contribution in [2.75, 3.05) is 0 Å². The predicted molar refractivity (Wildman–Crippen MR) is 125 cm³/mol. The van der Waals surface area contributed by atoms with Gasteiger partial charge in [0.2, 0.25) is 0 Å². The van der Waals surface area contributed by atoms with Crippen LogP contribution < -0.4 is 4.74 Å². The monoisotopic (exact) mass is 492 g/mol. The zero-order valence-electron chi connectivity index (χ0n) is 18.3. The predicted octanol–water partition coefficient (Wildman–Crippen LogP) is 7.55. The van der Waals surface area contributed by atoms with E-state index in [0.717, 1.165) is 29.8 Å². The third kappa shape index (κ3) is 4.78. The first-order chi connectivity index (χ1) is 17.1. The lowest BCUT2D eigenvalue weighted by Crippen LogP contribution is -2.25. The van der Waals surface area contributed by atoms with Gasteiger partial charge < -0.3 is 4.74 Å². The van der Waals surface area contributed by atoms with E-state index >= 15 is 0 Å². The molecule has 4 aromatic rings. The average molecular weight is 492 g/mol. The van der Waals surface area contributed by atoms with E-state index in [-0.39, 0.29) is 16.3 Å². The number of terminal acetylenes is 1. The van der Waals surface area contributed by atoms with Crippen molar-refractivity contribution < 1.29 is 31.1 Å². The van der Waals surface area contributed by atoms with Crippen LogP contribution in [-0.2, 0) is 6.11 Å². The minimum atomic E-state index is -4.45. The van der Waals surface area contributed by atoms with Gasteiger partial charge in [-0.2, -0.15) is 8.78 Å². The van der Waals surface area contributed by atoms with Gasteiger partial charge in [0.05, 0.1) is 5.56 Å². The molecule has 4 rings (SSSR count). The van der Waals surface area contributed by atoms with E-state index in [9.17, 15) is 26.3 Å². The summed E-state index contributed by atoms with van der Waals surface area (Å²) in [6.07, 6.45) is 2.26. The van der Waals surface area contributed by atoms with Crippen molar-refractivity contribution in [3.8, 4) is 29.9 Å². The van der Waals surface area contributed by atoms with E-state index in [1.807, 2.05) is 5.92 Å². The number of alkyl halides is 2. The third-order valence-electron chi connectivity index (χ3n) is 5.22. The van der Waals surface area contributed by atoms with Crippen LogP contribution >= 0.6 is 0 Å². The second-order valence-corrected chi connectivity index (χ2v) is 7.58. The Bertz CT molecular complexity index is 1580. The molecule has 0 aliphatic rings. The van der Waals surface area contributed by atoms with Crippen LogP contribution in [0.4, 0.5) is 26.3 Å². The molecule has 0 amide bonds. The summed E-state index contributed by atoms with van der Waals surface area (Å²) < 4.78 is 91.6. The molecule has 178 valence electrons. The van der Waals surface area contributed by atoms with Crippen LogP contribution in [0.3, 0.4) is 0 Å². The quantitative estimate of drug-likeness (QED) is 0.211. The van der Waals surface area contributed by atoms with Crippen molar-refractivity contribution in [1.29, 1.82) is 0 Å². The van der Waals surface area contributed by atoms with E-state index < -0.39 is 46.3 Å². The number of rotatable bonds is 4. The largest absolute Gasteiger partial charge is 0.432 e. The topological polar surface area (TPSA) is 9.23 Å². The summed E-state index contributed by atoms with van der Waals surface area (Å²) in [5.74, 6) is 1.23. The molecule has 36 heavy (non-hydrogen) atoms. The van der Waals surface area contributed by atoms with Gasteiger partial charge in [-0.05, 0) is 59.5 Å². The second kappa shape index (κ2) is 9.56.